The Hall–Kier alpha value is -3.12. The number of carbonyl (C=O) groups is 1. The van der Waals surface area contributed by atoms with E-state index in [9.17, 15) is 19.3 Å². The maximum absolute atomic E-state index is 14.4. The van der Waals surface area contributed by atoms with Crippen LogP contribution in [0.2, 0.25) is 0 Å². The molecule has 0 aliphatic rings. The first-order valence-corrected chi connectivity index (χ1v) is 8.85. The molecule has 12 heteroatoms. The average Bonchev–Trinajstić information content (AvgIpc) is 3.10. The number of nitrogens with zero attached hydrogens (tertiary/aromatic N) is 4. The van der Waals surface area contributed by atoms with Gasteiger partial charge in [0.15, 0.2) is 16.6 Å². The van der Waals surface area contributed by atoms with E-state index in [2.05, 4.69) is 25.0 Å². The molecule has 0 spiro atoms. The van der Waals surface area contributed by atoms with Crippen molar-refractivity contribution in [2.45, 2.75) is 9.10 Å². The second-order valence-corrected chi connectivity index (χ2v) is 7.21. The lowest BCUT2D eigenvalue weighted by atomic mass is 10.3. The minimum atomic E-state index is -0.856. The second-order valence-electron chi connectivity index (χ2n) is 4.83. The van der Waals surface area contributed by atoms with Gasteiger partial charge in [0, 0.05) is 12.3 Å². The lowest BCUT2D eigenvalue weighted by Crippen LogP contribution is -2.07. The van der Waals surface area contributed by atoms with Crippen molar-refractivity contribution in [3.8, 4) is 0 Å². The lowest BCUT2D eigenvalue weighted by Gasteiger charge is -2.04. The molecule has 0 unspecified atom stereocenters. The van der Waals surface area contributed by atoms with E-state index in [1.165, 1.54) is 41.9 Å². The number of hydrogen-bond acceptors (Lipinski definition) is 10. The van der Waals surface area contributed by atoms with Crippen molar-refractivity contribution in [2.24, 2.45) is 0 Å². The maximum atomic E-state index is 14.4. The van der Waals surface area contributed by atoms with Crippen LogP contribution >= 0.6 is 23.1 Å². The summed E-state index contributed by atoms with van der Waals surface area (Å²) in [5.41, 5.74) is -0.508. The topological polar surface area (TPSA) is 120 Å². The molecule has 0 atom stereocenters. The summed E-state index contributed by atoms with van der Waals surface area (Å²) in [5, 5.41) is 14.0. The SMILES string of the molecule is COC(=O)c1nccc(Sc2cnc(Nc3ccc([N+](=O)[O-])cn3)s2)c1F. The Balaban J connectivity index is 1.73. The van der Waals surface area contributed by atoms with Crippen LogP contribution in [0.25, 0.3) is 0 Å². The Morgan fingerprint density at radius 1 is 1.30 bits per heavy atom. The first kappa shape index (κ1) is 18.7. The summed E-state index contributed by atoms with van der Waals surface area (Å²) in [5.74, 6) is -1.24. The van der Waals surface area contributed by atoms with Gasteiger partial charge in [0.25, 0.3) is 5.69 Å². The number of ether oxygens (including phenoxy) is 1. The summed E-state index contributed by atoms with van der Waals surface area (Å²) in [4.78, 5) is 33.6. The van der Waals surface area contributed by atoms with Crippen molar-refractivity contribution in [2.75, 3.05) is 12.4 Å². The predicted octanol–water partition coefficient (Wildman–Crippen LogP) is 3.66. The monoisotopic (exact) mass is 407 g/mol. The summed E-state index contributed by atoms with van der Waals surface area (Å²) in [6, 6.07) is 4.22. The molecule has 3 aromatic heterocycles. The van der Waals surface area contributed by atoms with E-state index >= 15 is 0 Å². The normalized spacial score (nSPS) is 10.4. The molecule has 3 aromatic rings. The molecule has 0 amide bonds. The van der Waals surface area contributed by atoms with Gasteiger partial charge in [-0.15, -0.1) is 0 Å². The van der Waals surface area contributed by atoms with E-state index < -0.39 is 16.7 Å². The number of rotatable bonds is 6. The molecule has 3 rings (SSSR count). The Labute approximate surface area is 159 Å². The van der Waals surface area contributed by atoms with E-state index in [4.69, 9.17) is 0 Å². The van der Waals surface area contributed by atoms with E-state index in [-0.39, 0.29) is 16.3 Å². The van der Waals surface area contributed by atoms with Crippen molar-refractivity contribution in [1.82, 2.24) is 15.0 Å². The zero-order valence-corrected chi connectivity index (χ0v) is 15.2. The minimum Gasteiger partial charge on any atom is -0.464 e. The molecule has 0 aliphatic heterocycles. The summed E-state index contributed by atoms with van der Waals surface area (Å²) in [6.45, 7) is 0. The zero-order chi connectivity index (χ0) is 19.4. The molecule has 0 aromatic carbocycles. The first-order chi connectivity index (χ1) is 13.0. The molecular formula is C15H10FN5O4S2. The third kappa shape index (κ3) is 4.35. The van der Waals surface area contributed by atoms with Crippen LogP contribution in [0.4, 0.5) is 21.0 Å². The van der Waals surface area contributed by atoms with Crippen LogP contribution in [0, 0.1) is 15.9 Å². The van der Waals surface area contributed by atoms with Crippen molar-refractivity contribution < 1.29 is 18.8 Å². The Kier molecular flexibility index (Phi) is 5.57. The summed E-state index contributed by atoms with van der Waals surface area (Å²) < 4.78 is 19.5. The smallest absolute Gasteiger partial charge is 0.359 e. The van der Waals surface area contributed by atoms with Gasteiger partial charge in [-0.25, -0.2) is 24.1 Å². The quantitative estimate of drug-likeness (QED) is 0.371. The molecular weight excluding hydrogens is 397 g/mol. The fraction of sp³-hybridized carbons (Fsp3) is 0.0667. The third-order valence-electron chi connectivity index (χ3n) is 3.12. The van der Waals surface area contributed by atoms with Gasteiger partial charge < -0.3 is 10.1 Å². The highest BCUT2D eigenvalue weighted by Gasteiger charge is 2.18. The van der Waals surface area contributed by atoms with Crippen LogP contribution < -0.4 is 5.32 Å². The number of hydrogen-bond donors (Lipinski definition) is 1. The number of halogens is 1. The Morgan fingerprint density at radius 2 is 2.11 bits per heavy atom. The van der Waals surface area contributed by atoms with Gasteiger partial charge in [0.1, 0.15) is 12.0 Å². The largest absolute Gasteiger partial charge is 0.464 e. The first-order valence-electron chi connectivity index (χ1n) is 7.22. The number of esters is 1. The van der Waals surface area contributed by atoms with E-state index in [1.807, 2.05) is 0 Å². The zero-order valence-electron chi connectivity index (χ0n) is 13.6. The molecule has 27 heavy (non-hydrogen) atoms. The number of anilines is 2. The third-order valence-corrected chi connectivity index (χ3v) is 5.17. The van der Waals surface area contributed by atoms with Gasteiger partial charge >= 0.3 is 5.97 Å². The van der Waals surface area contributed by atoms with Crippen LogP contribution in [0.1, 0.15) is 10.5 Å². The number of nitrogens with one attached hydrogen (secondary N) is 1. The molecule has 0 radical (unpaired) electrons. The number of carbonyl (C=O) groups excluding carboxylic acids is 1. The fourth-order valence-corrected chi connectivity index (χ4v) is 3.76. The molecule has 1 N–H and O–H groups in total. The number of pyridine rings is 2. The molecule has 9 nitrogen and oxygen atoms in total. The molecule has 3 heterocycles. The van der Waals surface area contributed by atoms with Crippen LogP contribution in [0.15, 0.2) is 45.9 Å². The number of nitro groups is 1. The number of aromatic nitrogens is 3. The number of methoxy groups -OCH3 is 1. The molecule has 0 saturated heterocycles. The second kappa shape index (κ2) is 8.05. The highest BCUT2D eigenvalue weighted by molar-refractivity contribution is 8.01. The van der Waals surface area contributed by atoms with Crippen LogP contribution in [0.3, 0.4) is 0 Å². The predicted molar refractivity (Wildman–Crippen MR) is 95.9 cm³/mol. The van der Waals surface area contributed by atoms with E-state index in [0.717, 1.165) is 25.1 Å². The average molecular weight is 407 g/mol. The van der Waals surface area contributed by atoms with Crippen LogP contribution in [-0.4, -0.2) is 33.0 Å². The fourth-order valence-electron chi connectivity index (χ4n) is 1.89. The Morgan fingerprint density at radius 3 is 2.78 bits per heavy atom. The highest BCUT2D eigenvalue weighted by atomic mass is 32.2. The van der Waals surface area contributed by atoms with Gasteiger partial charge in [-0.05, 0) is 12.1 Å². The Bertz CT molecular complexity index is 996. The summed E-state index contributed by atoms with van der Waals surface area (Å²) in [7, 11) is 1.15. The van der Waals surface area contributed by atoms with Crippen molar-refractivity contribution >= 4 is 45.7 Å². The van der Waals surface area contributed by atoms with Crippen LogP contribution in [-0.2, 0) is 4.74 Å². The molecule has 0 fully saturated rings. The summed E-state index contributed by atoms with van der Waals surface area (Å²) in [6.07, 6.45) is 3.98. The van der Waals surface area contributed by atoms with E-state index in [0.29, 0.717) is 15.2 Å². The van der Waals surface area contributed by atoms with Crippen LogP contribution in [0.5, 0.6) is 0 Å². The lowest BCUT2D eigenvalue weighted by molar-refractivity contribution is -0.385. The molecule has 0 aliphatic carbocycles. The maximum Gasteiger partial charge on any atom is 0.359 e. The van der Waals surface area contributed by atoms with Gasteiger partial charge in [-0.1, -0.05) is 23.1 Å². The van der Waals surface area contributed by atoms with Gasteiger partial charge in [0.05, 0.1) is 27.3 Å². The molecule has 138 valence electrons. The van der Waals surface area contributed by atoms with Gasteiger partial charge in [-0.2, -0.15) is 0 Å². The number of thiazole rings is 1. The molecule has 0 bridgehead atoms. The van der Waals surface area contributed by atoms with Gasteiger partial charge in [-0.3, -0.25) is 10.1 Å². The van der Waals surface area contributed by atoms with E-state index in [1.54, 1.807) is 0 Å². The van der Waals surface area contributed by atoms with Crippen molar-refractivity contribution in [3.05, 3.63) is 58.4 Å². The van der Waals surface area contributed by atoms with Crippen molar-refractivity contribution in [3.63, 3.8) is 0 Å². The standard InChI is InChI=1S/C15H10FN5O4S2/c1-25-14(22)13-12(16)9(4-5-17-13)26-11-7-19-15(27-11)20-10-3-2-8(6-18-10)21(23)24/h2-7H,1H3,(H,18,19,20). The van der Waals surface area contributed by atoms with Crippen molar-refractivity contribution in [1.29, 1.82) is 0 Å². The van der Waals surface area contributed by atoms with Gasteiger partial charge in [0.2, 0.25) is 0 Å². The minimum absolute atomic E-state index is 0.120. The summed E-state index contributed by atoms with van der Waals surface area (Å²) >= 11 is 2.30. The highest BCUT2D eigenvalue weighted by Crippen LogP contribution is 2.36. The molecule has 0 saturated carbocycles.